The summed E-state index contributed by atoms with van der Waals surface area (Å²) in [4.78, 5) is 0. The molecule has 4 heteroatoms. The fourth-order valence-corrected chi connectivity index (χ4v) is 4.43. The molecule has 1 fully saturated rings. The largest absolute Gasteiger partial charge is 0.310 e. The molecule has 0 aliphatic heterocycles. The maximum Gasteiger partial charge on any atom is 0.151 e. The number of nitrogens with one attached hydrogen (secondary N) is 1. The molecule has 0 amide bonds. The highest BCUT2D eigenvalue weighted by Gasteiger charge is 2.35. The molecule has 1 N–H and O–H groups in total. The van der Waals surface area contributed by atoms with E-state index < -0.39 is 9.84 Å². The highest BCUT2D eigenvalue weighted by atomic mass is 32.2. The van der Waals surface area contributed by atoms with Crippen LogP contribution < -0.4 is 5.32 Å². The second-order valence-electron chi connectivity index (χ2n) is 5.66. The Labute approximate surface area is 116 Å². The van der Waals surface area contributed by atoms with Crippen LogP contribution in [0.25, 0.3) is 0 Å². The number of benzene rings is 1. The molecule has 1 aliphatic carbocycles. The van der Waals surface area contributed by atoms with Crippen molar-refractivity contribution in [3.05, 3.63) is 35.9 Å². The number of hydrogen-bond acceptors (Lipinski definition) is 3. The molecule has 3 atom stereocenters. The van der Waals surface area contributed by atoms with Crippen LogP contribution in [0.1, 0.15) is 31.7 Å². The van der Waals surface area contributed by atoms with Crippen LogP contribution in [0.3, 0.4) is 0 Å². The minimum atomic E-state index is -2.93. The van der Waals surface area contributed by atoms with E-state index in [2.05, 4.69) is 24.4 Å². The van der Waals surface area contributed by atoms with Gasteiger partial charge in [0.1, 0.15) is 0 Å². The van der Waals surface area contributed by atoms with Gasteiger partial charge in [0.05, 0.1) is 5.25 Å². The zero-order valence-corrected chi connectivity index (χ0v) is 12.5. The number of sulfone groups is 1. The summed E-state index contributed by atoms with van der Waals surface area (Å²) in [6, 6.07) is 10.7. The van der Waals surface area contributed by atoms with Gasteiger partial charge in [0.15, 0.2) is 9.84 Å². The van der Waals surface area contributed by atoms with Crippen LogP contribution in [0.15, 0.2) is 30.3 Å². The molecule has 0 heterocycles. The first-order chi connectivity index (χ1) is 8.97. The Balaban J connectivity index is 1.93. The van der Waals surface area contributed by atoms with Crippen molar-refractivity contribution in [2.75, 3.05) is 6.26 Å². The van der Waals surface area contributed by atoms with Gasteiger partial charge in [-0.25, -0.2) is 8.42 Å². The number of hydrogen-bond donors (Lipinski definition) is 1. The molecular formula is C15H23NO2S. The molecule has 3 unspecified atom stereocenters. The van der Waals surface area contributed by atoms with Gasteiger partial charge in [0.2, 0.25) is 0 Å². The molecule has 1 aromatic carbocycles. The van der Waals surface area contributed by atoms with Crippen LogP contribution in [0.5, 0.6) is 0 Å². The molecule has 0 bridgehead atoms. The molecular weight excluding hydrogens is 258 g/mol. The Kier molecular flexibility index (Phi) is 4.63. The summed E-state index contributed by atoms with van der Waals surface area (Å²) in [5, 5.41) is 3.30. The van der Waals surface area contributed by atoms with Gasteiger partial charge in [0.25, 0.3) is 0 Å². The standard InChI is InChI=1S/C15H23NO2S/c1-12(11-13-7-4-3-5-8-13)16-14-9-6-10-15(14)19(2,17)18/h3-5,7-8,12,14-16H,6,9-11H2,1-2H3. The van der Waals surface area contributed by atoms with Gasteiger partial charge in [-0.3, -0.25) is 0 Å². The zero-order chi connectivity index (χ0) is 13.9. The van der Waals surface area contributed by atoms with Gasteiger partial charge in [-0.1, -0.05) is 36.8 Å². The molecule has 0 aromatic heterocycles. The van der Waals surface area contributed by atoms with E-state index in [1.54, 1.807) is 0 Å². The molecule has 1 aromatic rings. The van der Waals surface area contributed by atoms with Crippen LogP contribution in [-0.2, 0) is 16.3 Å². The van der Waals surface area contributed by atoms with Crippen molar-refractivity contribution in [2.24, 2.45) is 0 Å². The Morgan fingerprint density at radius 2 is 1.95 bits per heavy atom. The molecule has 19 heavy (non-hydrogen) atoms. The monoisotopic (exact) mass is 281 g/mol. The van der Waals surface area contributed by atoms with Crippen LogP contribution in [0, 0.1) is 0 Å². The second-order valence-corrected chi connectivity index (χ2v) is 7.93. The van der Waals surface area contributed by atoms with Crippen molar-refractivity contribution < 1.29 is 8.42 Å². The molecule has 3 nitrogen and oxygen atoms in total. The SMILES string of the molecule is CC(Cc1ccccc1)NC1CCCC1S(C)(=O)=O. The third-order valence-corrected chi connectivity index (χ3v) is 5.55. The average molecular weight is 281 g/mol. The van der Waals surface area contributed by atoms with E-state index in [1.165, 1.54) is 11.8 Å². The van der Waals surface area contributed by atoms with Crippen molar-refractivity contribution in [1.29, 1.82) is 0 Å². The second kappa shape index (κ2) is 6.06. The third kappa shape index (κ3) is 4.05. The minimum absolute atomic E-state index is 0.119. The van der Waals surface area contributed by atoms with Crippen LogP contribution in [0.4, 0.5) is 0 Å². The summed E-state index contributed by atoms with van der Waals surface area (Å²) >= 11 is 0. The quantitative estimate of drug-likeness (QED) is 0.900. The maximum atomic E-state index is 11.7. The molecule has 1 aliphatic rings. The lowest BCUT2D eigenvalue weighted by molar-refractivity contribution is 0.444. The topological polar surface area (TPSA) is 46.2 Å². The van der Waals surface area contributed by atoms with E-state index >= 15 is 0 Å². The Morgan fingerprint density at radius 3 is 2.58 bits per heavy atom. The van der Waals surface area contributed by atoms with Crippen LogP contribution in [0.2, 0.25) is 0 Å². The van der Waals surface area contributed by atoms with E-state index in [4.69, 9.17) is 0 Å². The highest BCUT2D eigenvalue weighted by Crippen LogP contribution is 2.25. The van der Waals surface area contributed by atoms with Gasteiger partial charge in [-0.15, -0.1) is 0 Å². The summed E-state index contributed by atoms with van der Waals surface area (Å²) < 4.78 is 23.5. The van der Waals surface area contributed by atoms with E-state index in [9.17, 15) is 8.42 Å². The van der Waals surface area contributed by atoms with E-state index in [-0.39, 0.29) is 11.3 Å². The normalized spacial score (nSPS) is 25.4. The lowest BCUT2D eigenvalue weighted by atomic mass is 10.1. The van der Waals surface area contributed by atoms with Crippen molar-refractivity contribution in [3.8, 4) is 0 Å². The van der Waals surface area contributed by atoms with Crippen molar-refractivity contribution >= 4 is 9.84 Å². The fourth-order valence-electron chi connectivity index (χ4n) is 3.02. The average Bonchev–Trinajstić information content (AvgIpc) is 2.78. The zero-order valence-electron chi connectivity index (χ0n) is 11.7. The first-order valence-corrected chi connectivity index (χ1v) is 8.91. The lowest BCUT2D eigenvalue weighted by Gasteiger charge is -2.24. The van der Waals surface area contributed by atoms with Gasteiger partial charge in [-0.2, -0.15) is 0 Å². The van der Waals surface area contributed by atoms with E-state index in [1.807, 2.05) is 18.2 Å². The fraction of sp³-hybridized carbons (Fsp3) is 0.600. The summed E-state index contributed by atoms with van der Waals surface area (Å²) in [6.07, 6.45) is 5.08. The van der Waals surface area contributed by atoms with E-state index in [0.717, 1.165) is 25.7 Å². The Hall–Kier alpha value is -0.870. The minimum Gasteiger partial charge on any atom is -0.310 e. The van der Waals surface area contributed by atoms with Crippen molar-refractivity contribution in [3.63, 3.8) is 0 Å². The highest BCUT2D eigenvalue weighted by molar-refractivity contribution is 7.91. The predicted octanol–water partition coefficient (Wildman–Crippen LogP) is 2.17. The predicted molar refractivity (Wildman–Crippen MR) is 79.0 cm³/mol. The summed E-state index contributed by atoms with van der Waals surface area (Å²) in [7, 11) is -2.93. The molecule has 0 radical (unpaired) electrons. The molecule has 1 saturated carbocycles. The maximum absolute atomic E-state index is 11.7. The van der Waals surface area contributed by atoms with Crippen LogP contribution >= 0.6 is 0 Å². The molecule has 0 spiro atoms. The smallest absolute Gasteiger partial charge is 0.151 e. The van der Waals surface area contributed by atoms with Crippen molar-refractivity contribution in [2.45, 2.75) is 49.9 Å². The molecule has 0 saturated heterocycles. The van der Waals surface area contributed by atoms with Gasteiger partial charge in [0, 0.05) is 18.3 Å². The van der Waals surface area contributed by atoms with Crippen LogP contribution in [-0.4, -0.2) is 32.0 Å². The summed E-state index contributed by atoms with van der Waals surface area (Å²) in [6.45, 7) is 2.13. The summed E-state index contributed by atoms with van der Waals surface area (Å²) in [5.74, 6) is 0. The number of rotatable bonds is 5. The first kappa shape index (κ1) is 14.5. The van der Waals surface area contributed by atoms with Crippen molar-refractivity contribution in [1.82, 2.24) is 5.32 Å². The molecule has 2 rings (SSSR count). The molecule has 106 valence electrons. The third-order valence-electron chi connectivity index (χ3n) is 3.89. The van der Waals surface area contributed by atoms with Gasteiger partial charge < -0.3 is 5.32 Å². The van der Waals surface area contributed by atoms with E-state index in [0.29, 0.717) is 6.04 Å². The van der Waals surface area contributed by atoms with Gasteiger partial charge in [-0.05, 0) is 31.7 Å². The lowest BCUT2D eigenvalue weighted by Crippen LogP contribution is -2.44. The first-order valence-electron chi connectivity index (χ1n) is 6.95. The van der Waals surface area contributed by atoms with Gasteiger partial charge >= 0.3 is 0 Å². The Bertz CT molecular complexity index is 498. The Morgan fingerprint density at radius 1 is 1.26 bits per heavy atom. The summed E-state index contributed by atoms with van der Waals surface area (Å²) in [5.41, 5.74) is 1.29.